The first-order chi connectivity index (χ1) is 10.7. The van der Waals surface area contributed by atoms with Crippen molar-refractivity contribution < 1.29 is 9.53 Å². The highest BCUT2D eigenvalue weighted by Crippen LogP contribution is 2.24. The average Bonchev–Trinajstić information content (AvgIpc) is 2.81. The number of aryl methyl sites for hydroxylation is 1. The fourth-order valence-corrected chi connectivity index (χ4v) is 3.46. The number of hydrogen-bond donors (Lipinski definition) is 0. The van der Waals surface area contributed by atoms with Gasteiger partial charge in [-0.3, -0.25) is 9.48 Å². The lowest BCUT2D eigenvalue weighted by Crippen LogP contribution is -2.49. The van der Waals surface area contributed by atoms with Crippen molar-refractivity contribution in [1.82, 2.24) is 19.6 Å². The highest BCUT2D eigenvalue weighted by atomic mass is 16.5. The molecule has 2 aliphatic heterocycles. The van der Waals surface area contributed by atoms with E-state index in [0.717, 1.165) is 51.4 Å². The lowest BCUT2D eigenvalue weighted by Gasteiger charge is -2.38. The molecule has 2 atom stereocenters. The Balaban J connectivity index is 1.57. The van der Waals surface area contributed by atoms with Crippen LogP contribution in [0.25, 0.3) is 0 Å². The molecule has 0 spiro atoms. The van der Waals surface area contributed by atoms with Crippen molar-refractivity contribution in [2.45, 2.75) is 25.9 Å². The fourth-order valence-electron chi connectivity index (χ4n) is 3.46. The second-order valence-corrected chi connectivity index (χ2v) is 6.35. The molecule has 1 amide bonds. The molecule has 0 radical (unpaired) electrons. The standard InChI is InChI=1S/C16H26N4O2/c1-3-19-8-9-22-15-12-20(7-4-13(15)11-19)16(21)10-14-5-6-18(2)17-14/h5-6,13,15H,3-4,7-12H2,1-2H3/t13-,15-/m1/s1. The van der Waals surface area contributed by atoms with Crippen LogP contribution in [0.2, 0.25) is 0 Å². The summed E-state index contributed by atoms with van der Waals surface area (Å²) in [6.45, 7) is 7.73. The number of nitrogens with zero attached hydrogens (tertiary/aromatic N) is 4. The van der Waals surface area contributed by atoms with Crippen molar-refractivity contribution in [2.24, 2.45) is 13.0 Å². The Kier molecular flexibility index (Phi) is 4.78. The smallest absolute Gasteiger partial charge is 0.228 e. The molecule has 0 N–H and O–H groups in total. The monoisotopic (exact) mass is 306 g/mol. The first-order valence-electron chi connectivity index (χ1n) is 8.26. The summed E-state index contributed by atoms with van der Waals surface area (Å²) in [5.74, 6) is 0.721. The lowest BCUT2D eigenvalue weighted by atomic mass is 9.93. The number of carbonyl (C=O) groups excluding carboxylic acids is 1. The van der Waals surface area contributed by atoms with E-state index in [4.69, 9.17) is 4.74 Å². The Morgan fingerprint density at radius 3 is 3.00 bits per heavy atom. The SMILES string of the molecule is CCN1CCO[C@@H]2CN(C(=O)Cc3ccn(C)n3)CC[C@@H]2C1. The maximum absolute atomic E-state index is 12.5. The topological polar surface area (TPSA) is 50.6 Å². The largest absolute Gasteiger partial charge is 0.375 e. The van der Waals surface area contributed by atoms with Gasteiger partial charge in [0.25, 0.3) is 0 Å². The third kappa shape index (κ3) is 3.50. The summed E-state index contributed by atoms with van der Waals surface area (Å²) in [7, 11) is 1.87. The van der Waals surface area contributed by atoms with Gasteiger partial charge in [0.1, 0.15) is 0 Å². The molecule has 122 valence electrons. The zero-order valence-corrected chi connectivity index (χ0v) is 13.6. The zero-order valence-electron chi connectivity index (χ0n) is 13.6. The van der Waals surface area contributed by atoms with E-state index in [1.807, 2.05) is 24.2 Å². The van der Waals surface area contributed by atoms with Crippen LogP contribution in [0.4, 0.5) is 0 Å². The van der Waals surface area contributed by atoms with Gasteiger partial charge in [0.2, 0.25) is 5.91 Å². The predicted molar refractivity (Wildman–Crippen MR) is 83.5 cm³/mol. The average molecular weight is 306 g/mol. The summed E-state index contributed by atoms with van der Waals surface area (Å²) in [6.07, 6.45) is 3.50. The molecule has 1 aromatic rings. The second-order valence-electron chi connectivity index (χ2n) is 6.35. The van der Waals surface area contributed by atoms with Gasteiger partial charge >= 0.3 is 0 Å². The van der Waals surface area contributed by atoms with Gasteiger partial charge in [-0.1, -0.05) is 6.92 Å². The van der Waals surface area contributed by atoms with Crippen molar-refractivity contribution in [3.63, 3.8) is 0 Å². The van der Waals surface area contributed by atoms with Crippen molar-refractivity contribution in [3.05, 3.63) is 18.0 Å². The number of likely N-dealkylation sites (tertiary alicyclic amines) is 1. The molecule has 22 heavy (non-hydrogen) atoms. The van der Waals surface area contributed by atoms with Gasteiger partial charge in [0.15, 0.2) is 0 Å². The second kappa shape index (κ2) is 6.79. The number of rotatable bonds is 3. The molecule has 0 aliphatic carbocycles. The number of fused-ring (bicyclic) bond motifs is 1. The van der Waals surface area contributed by atoms with Crippen LogP contribution in [0.3, 0.4) is 0 Å². The molecule has 2 aliphatic rings. The fraction of sp³-hybridized carbons (Fsp3) is 0.750. The third-order valence-electron chi connectivity index (χ3n) is 4.83. The van der Waals surface area contributed by atoms with Gasteiger partial charge in [0.05, 0.1) is 24.8 Å². The molecule has 0 unspecified atom stereocenters. The quantitative estimate of drug-likeness (QED) is 0.817. The van der Waals surface area contributed by atoms with E-state index in [-0.39, 0.29) is 12.0 Å². The van der Waals surface area contributed by atoms with E-state index in [0.29, 0.717) is 12.3 Å². The van der Waals surface area contributed by atoms with Gasteiger partial charge in [-0.05, 0) is 19.0 Å². The Morgan fingerprint density at radius 1 is 1.41 bits per heavy atom. The van der Waals surface area contributed by atoms with Crippen molar-refractivity contribution in [3.8, 4) is 0 Å². The minimum atomic E-state index is 0.164. The number of aromatic nitrogens is 2. The van der Waals surface area contributed by atoms with E-state index in [9.17, 15) is 4.79 Å². The van der Waals surface area contributed by atoms with Crippen LogP contribution in [-0.2, 0) is 23.0 Å². The molecular formula is C16H26N4O2. The third-order valence-corrected chi connectivity index (χ3v) is 4.83. The molecule has 0 bridgehead atoms. The number of carbonyl (C=O) groups is 1. The Hall–Kier alpha value is -1.40. The van der Waals surface area contributed by atoms with Gasteiger partial charge in [-0.2, -0.15) is 5.10 Å². The van der Waals surface area contributed by atoms with Gasteiger partial charge < -0.3 is 14.5 Å². The van der Waals surface area contributed by atoms with Crippen molar-refractivity contribution in [2.75, 3.05) is 39.3 Å². The van der Waals surface area contributed by atoms with Crippen LogP contribution >= 0.6 is 0 Å². The van der Waals surface area contributed by atoms with E-state index < -0.39 is 0 Å². The molecular weight excluding hydrogens is 280 g/mol. The van der Waals surface area contributed by atoms with Gasteiger partial charge in [0, 0.05) is 45.3 Å². The molecule has 6 heteroatoms. The highest BCUT2D eigenvalue weighted by molar-refractivity contribution is 5.78. The summed E-state index contributed by atoms with van der Waals surface area (Å²) in [5, 5.41) is 4.29. The van der Waals surface area contributed by atoms with Crippen molar-refractivity contribution >= 4 is 5.91 Å². The first-order valence-corrected chi connectivity index (χ1v) is 8.26. The number of hydrogen-bond acceptors (Lipinski definition) is 4. The molecule has 0 aromatic carbocycles. The van der Waals surface area contributed by atoms with E-state index in [2.05, 4.69) is 16.9 Å². The molecule has 1 aromatic heterocycles. The summed E-state index contributed by atoms with van der Waals surface area (Å²) in [4.78, 5) is 16.9. The molecule has 2 fully saturated rings. The Bertz CT molecular complexity index is 516. The summed E-state index contributed by atoms with van der Waals surface area (Å²) >= 11 is 0. The predicted octanol–water partition coefficient (Wildman–Crippen LogP) is 0.532. The van der Waals surface area contributed by atoms with E-state index in [1.165, 1.54) is 0 Å². The first kappa shape index (κ1) is 15.5. The van der Waals surface area contributed by atoms with Crippen LogP contribution < -0.4 is 0 Å². The van der Waals surface area contributed by atoms with E-state index in [1.54, 1.807) is 4.68 Å². The minimum Gasteiger partial charge on any atom is -0.375 e. The molecule has 6 nitrogen and oxygen atoms in total. The summed E-state index contributed by atoms with van der Waals surface area (Å²) in [5.41, 5.74) is 0.841. The van der Waals surface area contributed by atoms with E-state index >= 15 is 0 Å². The number of likely N-dealkylation sites (N-methyl/N-ethyl adjacent to an activating group) is 1. The maximum atomic E-state index is 12.5. The van der Waals surface area contributed by atoms with Gasteiger partial charge in [-0.25, -0.2) is 0 Å². The maximum Gasteiger partial charge on any atom is 0.228 e. The number of ether oxygens (including phenoxy) is 1. The summed E-state index contributed by atoms with van der Waals surface area (Å²) < 4.78 is 7.76. The van der Waals surface area contributed by atoms with Crippen LogP contribution in [-0.4, -0.2) is 70.9 Å². The Labute approximate surface area is 132 Å². The number of amides is 1. The highest BCUT2D eigenvalue weighted by Gasteiger charge is 2.34. The van der Waals surface area contributed by atoms with Crippen molar-refractivity contribution in [1.29, 1.82) is 0 Å². The number of piperidine rings is 1. The Morgan fingerprint density at radius 2 is 2.27 bits per heavy atom. The van der Waals surface area contributed by atoms with Gasteiger partial charge in [-0.15, -0.1) is 0 Å². The summed E-state index contributed by atoms with van der Waals surface area (Å²) in [6, 6.07) is 1.91. The molecule has 0 saturated carbocycles. The molecule has 2 saturated heterocycles. The molecule has 3 rings (SSSR count). The van der Waals surface area contributed by atoms with Crippen LogP contribution in [0.5, 0.6) is 0 Å². The molecule has 3 heterocycles. The van der Waals surface area contributed by atoms with Crippen LogP contribution in [0.15, 0.2) is 12.3 Å². The minimum absolute atomic E-state index is 0.164. The lowest BCUT2D eigenvalue weighted by molar-refractivity contribution is -0.136. The normalized spacial score (nSPS) is 26.5. The van der Waals surface area contributed by atoms with Crippen LogP contribution in [0, 0.1) is 5.92 Å². The van der Waals surface area contributed by atoms with Crippen LogP contribution in [0.1, 0.15) is 19.0 Å². The zero-order chi connectivity index (χ0) is 15.5.